The van der Waals surface area contributed by atoms with Crippen LogP contribution >= 0.6 is 31.9 Å². The Morgan fingerprint density at radius 1 is 0.603 bits per heavy atom. The third-order valence-electron chi connectivity index (χ3n) is 10.5. The van der Waals surface area contributed by atoms with Crippen LogP contribution in [0.15, 0.2) is 130 Å². The third-order valence-corrected chi connectivity index (χ3v) is 11.5. The summed E-state index contributed by atoms with van der Waals surface area (Å²) < 4.78 is 123. The van der Waals surface area contributed by atoms with Gasteiger partial charge in [0.2, 0.25) is 0 Å². The van der Waals surface area contributed by atoms with Gasteiger partial charge < -0.3 is 61.9 Å². The lowest BCUT2D eigenvalue weighted by atomic mass is 9.80. The monoisotopic (exact) mass is 1160 g/mol. The number of halogens is 8. The Hall–Kier alpha value is -6.13. The number of aliphatic hydroxyl groups is 1. The van der Waals surface area contributed by atoms with E-state index in [1.807, 2.05) is 30.3 Å². The lowest BCUT2D eigenvalue weighted by Gasteiger charge is -2.25. The molecule has 3 aromatic heterocycles. The number of nitrogens with zero attached hydrogens (tertiary/aromatic N) is 2. The number of aromatic amines is 1. The van der Waals surface area contributed by atoms with Gasteiger partial charge in [-0.1, -0.05) is 62.2 Å². The van der Waals surface area contributed by atoms with Crippen molar-refractivity contribution in [3.63, 3.8) is 0 Å². The molecule has 0 aliphatic carbocycles. The third kappa shape index (κ3) is 16.4. The van der Waals surface area contributed by atoms with Crippen LogP contribution in [-0.2, 0) is 14.2 Å². The fourth-order valence-corrected chi connectivity index (χ4v) is 7.14. The number of aromatic nitrogens is 3. The van der Waals surface area contributed by atoms with Gasteiger partial charge in [0.1, 0.15) is 24.7 Å². The lowest BCUT2D eigenvalue weighted by Crippen LogP contribution is -2.32. The second-order valence-corrected chi connectivity index (χ2v) is 17.5. The zero-order chi connectivity index (χ0) is 52.1. The topological polar surface area (TPSA) is 223 Å². The molecule has 8 aromatic rings. The second-order valence-electron chi connectivity index (χ2n) is 15.7. The van der Waals surface area contributed by atoms with E-state index >= 15 is 0 Å². The van der Waals surface area contributed by atoms with Gasteiger partial charge in [0.05, 0.1) is 41.1 Å². The number of alkyl halides is 6. The molecular weight excluding hydrogens is 1120 g/mol. The van der Waals surface area contributed by atoms with E-state index in [0.717, 1.165) is 94.4 Å². The van der Waals surface area contributed by atoms with Gasteiger partial charge in [0.15, 0.2) is 16.7 Å². The predicted molar refractivity (Wildman–Crippen MR) is 256 cm³/mol. The molecule has 11 rings (SSSR count). The minimum atomic E-state index is -4.74. The van der Waals surface area contributed by atoms with Crippen molar-refractivity contribution in [3.05, 3.63) is 122 Å². The van der Waals surface area contributed by atoms with Crippen molar-refractivity contribution in [1.29, 1.82) is 0 Å². The standard InChI is InChI=1S/C18H14F3NO4.C11H10BrNO3.C7H6BF3O3.C7H4BrNO2.C4H8O2/c19-18(20,21)25-13-4-1-11(2-5-13)12-3-6-16-15(9-12)17(22-26-16)24-10-14-7-8-23-14;12-7-1-2-10-9(5-7)11(13-16-10)15-6-8-3-4-14-8;9-7(10,11)14-6-3-1-5(2-4-6)8(12)13;8-4-1-2-6-5(3-4)7(10)9-11-6;5-3-4-1-2-6-4/h1-6,9,14H,7-8,10H2;1-2,5,8H,3-4,6H2;1-4,12-13H;1-3H,(H,9,10);4-5H,1-3H2. The van der Waals surface area contributed by atoms with Crippen molar-refractivity contribution in [3.8, 4) is 34.4 Å². The van der Waals surface area contributed by atoms with Crippen molar-refractivity contribution >= 4 is 77.3 Å². The largest absolute Gasteiger partial charge is 0.573 e. The molecule has 3 aliphatic rings. The molecule has 3 saturated heterocycles. The van der Waals surface area contributed by atoms with Crippen LogP contribution in [0.3, 0.4) is 0 Å². The molecular formula is C47H42BBr2F6N3O14. The van der Waals surface area contributed by atoms with E-state index in [1.165, 1.54) is 12.1 Å². The van der Waals surface area contributed by atoms with Gasteiger partial charge in [-0.05, 0) is 106 Å². The molecule has 0 amide bonds. The number of fused-ring (bicyclic) bond motifs is 3. The average molecular weight is 1160 g/mol. The van der Waals surface area contributed by atoms with E-state index in [9.17, 15) is 31.1 Å². The van der Waals surface area contributed by atoms with E-state index in [-0.39, 0.29) is 41.7 Å². The van der Waals surface area contributed by atoms with Crippen LogP contribution in [0.2, 0.25) is 0 Å². The van der Waals surface area contributed by atoms with E-state index in [1.54, 1.807) is 36.4 Å². The summed E-state index contributed by atoms with van der Waals surface area (Å²) in [7, 11) is -1.70. The lowest BCUT2D eigenvalue weighted by molar-refractivity contribution is -0.275. The SMILES string of the molecule is Brc1ccc2onc(OCC3CCO3)c2c1.FC(F)(F)Oc1ccc(-c2ccc3onc(OCC4CCO4)c3c2)cc1.O=c1[nH]oc2ccc(Br)cc12.OB(O)c1ccc(OC(F)(F)F)cc1.OCC1CCO1. The Morgan fingerprint density at radius 2 is 1.04 bits per heavy atom. The first kappa shape index (κ1) is 54.6. The van der Waals surface area contributed by atoms with Crippen LogP contribution in [0, 0.1) is 0 Å². The van der Waals surface area contributed by atoms with Crippen LogP contribution < -0.4 is 30.0 Å². The zero-order valence-electron chi connectivity index (χ0n) is 37.7. The van der Waals surface area contributed by atoms with Crippen LogP contribution in [-0.4, -0.2) is 108 Å². The van der Waals surface area contributed by atoms with Gasteiger partial charge >= 0.3 is 19.8 Å². The van der Waals surface area contributed by atoms with Crippen molar-refractivity contribution in [2.24, 2.45) is 0 Å². The van der Waals surface area contributed by atoms with Gasteiger partial charge in [-0.15, -0.1) is 26.3 Å². The Kier molecular flexibility index (Phi) is 18.9. The van der Waals surface area contributed by atoms with Crippen molar-refractivity contribution in [1.82, 2.24) is 15.5 Å². The maximum absolute atomic E-state index is 12.2. The number of H-pyrrole nitrogens is 1. The molecule has 0 saturated carbocycles. The molecule has 0 radical (unpaired) electrons. The van der Waals surface area contributed by atoms with E-state index in [2.05, 4.69) is 56.8 Å². The molecule has 17 nitrogen and oxygen atoms in total. The number of ether oxygens (including phenoxy) is 7. The first-order valence-electron chi connectivity index (χ1n) is 21.9. The zero-order valence-corrected chi connectivity index (χ0v) is 40.9. The first-order valence-corrected chi connectivity index (χ1v) is 23.5. The molecule has 388 valence electrons. The van der Waals surface area contributed by atoms with E-state index in [0.29, 0.717) is 46.9 Å². The van der Waals surface area contributed by atoms with Gasteiger partial charge in [-0.3, -0.25) is 4.79 Å². The van der Waals surface area contributed by atoms with Crippen molar-refractivity contribution in [2.45, 2.75) is 50.3 Å². The van der Waals surface area contributed by atoms with Gasteiger partial charge in [0.25, 0.3) is 17.3 Å². The van der Waals surface area contributed by atoms with Crippen LogP contribution in [0.1, 0.15) is 19.3 Å². The second kappa shape index (κ2) is 25.2. The van der Waals surface area contributed by atoms with E-state index in [4.69, 9.17) is 52.4 Å². The summed E-state index contributed by atoms with van der Waals surface area (Å²) in [5.41, 5.74) is 3.31. The number of hydrogen-bond donors (Lipinski definition) is 4. The molecule has 3 atom stereocenters. The first-order chi connectivity index (χ1) is 34.9. The molecule has 3 aliphatic heterocycles. The Bertz CT molecular complexity index is 3050. The van der Waals surface area contributed by atoms with Crippen molar-refractivity contribution in [2.75, 3.05) is 39.6 Å². The summed E-state index contributed by atoms with van der Waals surface area (Å²) in [5.74, 6) is 0.236. The highest BCUT2D eigenvalue weighted by molar-refractivity contribution is 9.10. The molecule has 0 bridgehead atoms. The van der Waals surface area contributed by atoms with Crippen LogP contribution in [0.25, 0.3) is 44.0 Å². The highest BCUT2D eigenvalue weighted by Gasteiger charge is 2.32. The number of hydrogen-bond acceptors (Lipinski definition) is 16. The van der Waals surface area contributed by atoms with Gasteiger partial charge in [-0.25, -0.2) is 0 Å². The molecule has 0 spiro atoms. The highest BCUT2D eigenvalue weighted by Crippen LogP contribution is 2.33. The summed E-state index contributed by atoms with van der Waals surface area (Å²) in [6.45, 7) is 3.54. The Labute approximate surface area is 426 Å². The summed E-state index contributed by atoms with van der Waals surface area (Å²) in [5, 5.41) is 37.7. The number of rotatable bonds is 11. The van der Waals surface area contributed by atoms with Crippen molar-refractivity contribution < 1.29 is 88.2 Å². The van der Waals surface area contributed by atoms with Crippen LogP contribution in [0.5, 0.6) is 23.3 Å². The molecule has 3 unspecified atom stereocenters. The quantitative estimate of drug-likeness (QED) is 0.0700. The molecule has 73 heavy (non-hydrogen) atoms. The minimum absolute atomic E-state index is 0.0751. The number of nitrogens with one attached hydrogen (secondary N) is 1. The fraction of sp³-hybridized carbons (Fsp3) is 0.298. The summed E-state index contributed by atoms with van der Waals surface area (Å²) in [4.78, 5) is 11.0. The number of aliphatic hydroxyl groups excluding tert-OH is 1. The fourth-order valence-electron chi connectivity index (χ4n) is 6.41. The molecule has 6 heterocycles. The Morgan fingerprint density at radius 3 is 1.48 bits per heavy atom. The summed E-state index contributed by atoms with van der Waals surface area (Å²) >= 11 is 6.66. The van der Waals surface area contributed by atoms with Gasteiger partial charge in [0, 0.05) is 41.6 Å². The molecule has 3 fully saturated rings. The molecule has 26 heteroatoms. The summed E-state index contributed by atoms with van der Waals surface area (Å²) in [6.07, 6.45) is -5.95. The molecule has 4 N–H and O–H groups in total. The highest BCUT2D eigenvalue weighted by atomic mass is 79.9. The molecule has 5 aromatic carbocycles. The Balaban J connectivity index is 0.000000144. The maximum Gasteiger partial charge on any atom is 0.573 e. The van der Waals surface area contributed by atoms with Gasteiger partial charge in [-0.2, -0.15) is 5.16 Å². The summed E-state index contributed by atoms with van der Waals surface area (Å²) in [6, 6.07) is 26.2. The van der Waals surface area contributed by atoms with E-state index < -0.39 is 25.6 Å². The predicted octanol–water partition coefficient (Wildman–Crippen LogP) is 9.24. The normalized spacial score (nSPS) is 16.8. The van der Waals surface area contributed by atoms with Crippen LogP contribution in [0.4, 0.5) is 26.3 Å². The maximum atomic E-state index is 12.2. The number of benzene rings is 5. The smallest absolute Gasteiger partial charge is 0.472 e. The minimum Gasteiger partial charge on any atom is -0.472 e. The average Bonchev–Trinajstić information content (AvgIpc) is 4.01.